The van der Waals surface area contributed by atoms with Gasteiger partial charge in [-0.2, -0.15) is 0 Å². The van der Waals surface area contributed by atoms with Gasteiger partial charge in [0.25, 0.3) is 5.91 Å². The Morgan fingerprint density at radius 3 is 2.86 bits per heavy atom. The van der Waals surface area contributed by atoms with Crippen LogP contribution >= 0.6 is 11.6 Å². The zero-order chi connectivity index (χ0) is 15.8. The van der Waals surface area contributed by atoms with E-state index in [4.69, 9.17) is 16.4 Å². The van der Waals surface area contributed by atoms with Crippen molar-refractivity contribution in [1.82, 2.24) is 5.32 Å². The van der Waals surface area contributed by atoms with Gasteiger partial charge in [-0.05, 0) is 29.3 Å². The molecule has 0 heterocycles. The van der Waals surface area contributed by atoms with Gasteiger partial charge in [-0.3, -0.25) is 4.79 Å². The van der Waals surface area contributed by atoms with Gasteiger partial charge in [0.05, 0.1) is 6.21 Å². The first-order chi connectivity index (χ1) is 10.6. The molecule has 2 aromatic rings. The second-order valence-electron chi connectivity index (χ2n) is 4.43. The SMILES string of the molecule is O=C(CO/N=C\c1cccc(F)c1)NCc1ccccc1Cl. The molecular weight excluding hydrogens is 307 g/mol. The molecule has 0 radical (unpaired) electrons. The molecule has 0 spiro atoms. The first-order valence-corrected chi connectivity index (χ1v) is 6.94. The monoisotopic (exact) mass is 320 g/mol. The van der Waals surface area contributed by atoms with Gasteiger partial charge in [0, 0.05) is 11.6 Å². The summed E-state index contributed by atoms with van der Waals surface area (Å²) in [6.07, 6.45) is 1.34. The summed E-state index contributed by atoms with van der Waals surface area (Å²) in [6.45, 7) is 0.0890. The van der Waals surface area contributed by atoms with E-state index in [0.29, 0.717) is 17.1 Å². The van der Waals surface area contributed by atoms with Crippen molar-refractivity contribution in [1.29, 1.82) is 0 Å². The number of amides is 1. The number of oxime groups is 1. The van der Waals surface area contributed by atoms with Crippen LogP contribution in [0.4, 0.5) is 4.39 Å². The van der Waals surface area contributed by atoms with Crippen molar-refractivity contribution in [3.05, 3.63) is 70.5 Å². The highest BCUT2D eigenvalue weighted by Gasteiger charge is 2.03. The van der Waals surface area contributed by atoms with Gasteiger partial charge in [0.2, 0.25) is 0 Å². The van der Waals surface area contributed by atoms with Gasteiger partial charge >= 0.3 is 0 Å². The molecule has 0 aliphatic carbocycles. The molecule has 22 heavy (non-hydrogen) atoms. The van der Waals surface area contributed by atoms with Crippen molar-refractivity contribution < 1.29 is 14.0 Å². The molecule has 114 valence electrons. The van der Waals surface area contributed by atoms with Gasteiger partial charge < -0.3 is 10.2 Å². The molecule has 0 atom stereocenters. The summed E-state index contributed by atoms with van der Waals surface area (Å²) in [5.41, 5.74) is 1.37. The minimum Gasteiger partial charge on any atom is -0.386 e. The Kier molecular flexibility index (Phi) is 5.91. The van der Waals surface area contributed by atoms with E-state index in [2.05, 4.69) is 10.5 Å². The lowest BCUT2D eigenvalue weighted by atomic mass is 10.2. The zero-order valence-electron chi connectivity index (χ0n) is 11.6. The van der Waals surface area contributed by atoms with Crippen LogP contribution < -0.4 is 5.32 Å². The number of hydrogen-bond acceptors (Lipinski definition) is 3. The van der Waals surface area contributed by atoms with Crippen LogP contribution in [0.15, 0.2) is 53.7 Å². The molecule has 6 heteroatoms. The molecule has 2 aromatic carbocycles. The minimum absolute atomic E-state index is 0.226. The molecule has 0 aliphatic rings. The van der Waals surface area contributed by atoms with Crippen LogP contribution in [0.1, 0.15) is 11.1 Å². The number of carbonyl (C=O) groups excluding carboxylic acids is 1. The summed E-state index contributed by atoms with van der Waals surface area (Å²) in [5.74, 6) is -0.683. The Hall–Kier alpha value is -2.40. The number of hydrogen-bond donors (Lipinski definition) is 1. The van der Waals surface area contributed by atoms with Gasteiger partial charge in [0.15, 0.2) is 6.61 Å². The van der Waals surface area contributed by atoms with Gasteiger partial charge in [0.1, 0.15) is 5.82 Å². The summed E-state index contributed by atoms with van der Waals surface area (Å²) in [4.78, 5) is 16.4. The lowest BCUT2D eigenvalue weighted by Gasteiger charge is -2.06. The van der Waals surface area contributed by atoms with E-state index < -0.39 is 0 Å². The summed E-state index contributed by atoms with van der Waals surface area (Å²) in [7, 11) is 0. The predicted octanol–water partition coefficient (Wildman–Crippen LogP) is 3.15. The van der Waals surface area contributed by atoms with Gasteiger partial charge in [-0.15, -0.1) is 0 Å². The maximum atomic E-state index is 12.9. The van der Waals surface area contributed by atoms with E-state index in [9.17, 15) is 9.18 Å². The smallest absolute Gasteiger partial charge is 0.261 e. The van der Waals surface area contributed by atoms with E-state index >= 15 is 0 Å². The molecule has 0 bridgehead atoms. The Labute approximate surface area is 132 Å². The van der Waals surface area contributed by atoms with Crippen LogP contribution in [-0.2, 0) is 16.2 Å². The molecule has 0 fully saturated rings. The van der Waals surface area contributed by atoms with Crippen molar-refractivity contribution in [2.75, 3.05) is 6.61 Å². The van der Waals surface area contributed by atoms with Gasteiger partial charge in [-0.1, -0.05) is 47.1 Å². The lowest BCUT2D eigenvalue weighted by molar-refractivity contribution is -0.125. The largest absolute Gasteiger partial charge is 0.386 e. The summed E-state index contributed by atoms with van der Waals surface area (Å²) >= 11 is 5.98. The highest BCUT2D eigenvalue weighted by Crippen LogP contribution is 2.14. The zero-order valence-corrected chi connectivity index (χ0v) is 12.4. The number of nitrogens with one attached hydrogen (secondary N) is 1. The van der Waals surface area contributed by atoms with Crippen LogP contribution in [-0.4, -0.2) is 18.7 Å². The molecule has 1 N–H and O–H groups in total. The average molecular weight is 321 g/mol. The third kappa shape index (κ3) is 5.18. The number of carbonyl (C=O) groups is 1. The van der Waals surface area contributed by atoms with Crippen LogP contribution in [0.3, 0.4) is 0 Å². The Morgan fingerprint density at radius 1 is 1.27 bits per heavy atom. The fraction of sp³-hybridized carbons (Fsp3) is 0.125. The highest BCUT2D eigenvalue weighted by atomic mass is 35.5. The molecule has 0 saturated carbocycles. The van der Waals surface area contributed by atoms with Crippen LogP contribution in [0.5, 0.6) is 0 Å². The first kappa shape index (κ1) is 16.0. The Bertz CT molecular complexity index is 677. The molecular formula is C16H14ClFN2O2. The molecule has 2 rings (SSSR count). The van der Waals surface area contributed by atoms with Crippen molar-refractivity contribution in [3.63, 3.8) is 0 Å². The van der Waals surface area contributed by atoms with Crippen molar-refractivity contribution in [3.8, 4) is 0 Å². The van der Waals surface area contributed by atoms with E-state index in [1.807, 2.05) is 18.2 Å². The molecule has 0 aromatic heterocycles. The van der Waals surface area contributed by atoms with Crippen molar-refractivity contribution >= 4 is 23.7 Å². The van der Waals surface area contributed by atoms with Crippen LogP contribution in [0.2, 0.25) is 5.02 Å². The van der Waals surface area contributed by atoms with Crippen LogP contribution in [0.25, 0.3) is 0 Å². The van der Waals surface area contributed by atoms with E-state index in [0.717, 1.165) is 5.56 Å². The Morgan fingerprint density at radius 2 is 2.09 bits per heavy atom. The molecule has 0 aliphatic heterocycles. The maximum Gasteiger partial charge on any atom is 0.261 e. The highest BCUT2D eigenvalue weighted by molar-refractivity contribution is 6.31. The average Bonchev–Trinajstić information content (AvgIpc) is 2.51. The lowest BCUT2D eigenvalue weighted by Crippen LogP contribution is -2.26. The van der Waals surface area contributed by atoms with Crippen molar-refractivity contribution in [2.24, 2.45) is 5.16 Å². The standard InChI is InChI=1S/C16H14ClFN2O2/c17-15-7-2-1-5-13(15)10-19-16(21)11-22-20-9-12-4-3-6-14(18)8-12/h1-9H,10-11H2,(H,19,21)/b20-9-. The summed E-state index contributed by atoms with van der Waals surface area (Å²) in [6, 6.07) is 13.1. The molecule has 0 saturated heterocycles. The number of nitrogens with zero attached hydrogens (tertiary/aromatic N) is 1. The van der Waals surface area contributed by atoms with E-state index in [1.54, 1.807) is 18.2 Å². The summed E-state index contributed by atoms with van der Waals surface area (Å²) in [5, 5.41) is 6.87. The quantitative estimate of drug-likeness (QED) is 0.656. The second-order valence-corrected chi connectivity index (χ2v) is 4.84. The fourth-order valence-electron chi connectivity index (χ4n) is 1.67. The predicted molar refractivity (Wildman–Crippen MR) is 83.2 cm³/mol. The number of halogens is 2. The number of rotatable bonds is 6. The van der Waals surface area contributed by atoms with Gasteiger partial charge in [-0.25, -0.2) is 4.39 Å². The minimum atomic E-state index is -0.360. The normalized spacial score (nSPS) is 10.6. The topological polar surface area (TPSA) is 50.7 Å². The first-order valence-electron chi connectivity index (χ1n) is 6.56. The van der Waals surface area contributed by atoms with Crippen LogP contribution in [0, 0.1) is 5.82 Å². The summed E-state index contributed by atoms with van der Waals surface area (Å²) < 4.78 is 12.9. The molecule has 4 nitrogen and oxygen atoms in total. The third-order valence-corrected chi connectivity index (χ3v) is 3.12. The third-order valence-electron chi connectivity index (χ3n) is 2.75. The fourth-order valence-corrected chi connectivity index (χ4v) is 1.87. The second kappa shape index (κ2) is 8.14. The number of benzene rings is 2. The maximum absolute atomic E-state index is 12.9. The molecule has 0 unspecified atom stereocenters. The van der Waals surface area contributed by atoms with E-state index in [1.165, 1.54) is 18.3 Å². The Balaban J connectivity index is 1.73. The van der Waals surface area contributed by atoms with Crippen molar-refractivity contribution in [2.45, 2.75) is 6.54 Å². The molecule has 1 amide bonds. The van der Waals surface area contributed by atoms with E-state index in [-0.39, 0.29) is 18.3 Å².